The monoisotopic (exact) mass is 219 g/mol. The molecule has 0 bridgehead atoms. The van der Waals surface area contributed by atoms with E-state index in [0.717, 1.165) is 0 Å². The number of methoxy groups -OCH3 is 1. The highest BCUT2D eigenvalue weighted by Gasteiger charge is 2.24. The fourth-order valence-electron chi connectivity index (χ4n) is 1.25. The van der Waals surface area contributed by atoms with Crippen LogP contribution in [0.3, 0.4) is 0 Å². The lowest BCUT2D eigenvalue weighted by Crippen LogP contribution is -2.37. The number of terminal acetylenes is 1. The number of rotatable bonds is 3. The van der Waals surface area contributed by atoms with Crippen molar-refractivity contribution in [3.05, 3.63) is 35.4 Å². The van der Waals surface area contributed by atoms with Gasteiger partial charge in [-0.05, 0) is 17.7 Å². The summed E-state index contributed by atoms with van der Waals surface area (Å²) in [6, 6.07) is 5.50. The van der Waals surface area contributed by atoms with Gasteiger partial charge in [0.25, 0.3) is 0 Å². The Balaban J connectivity index is 2.84. The van der Waals surface area contributed by atoms with Gasteiger partial charge in [-0.1, -0.05) is 18.1 Å². The minimum absolute atomic E-state index is 0.525. The molecule has 2 atom stereocenters. The van der Waals surface area contributed by atoms with Gasteiger partial charge >= 0.3 is 5.97 Å². The molecule has 0 saturated heterocycles. The molecule has 3 N–H and O–H groups in total. The van der Waals surface area contributed by atoms with Crippen molar-refractivity contribution in [2.75, 3.05) is 7.11 Å². The van der Waals surface area contributed by atoms with Crippen LogP contribution in [0.1, 0.15) is 17.2 Å². The van der Waals surface area contributed by atoms with Crippen LogP contribution in [0.25, 0.3) is 0 Å². The van der Waals surface area contributed by atoms with E-state index in [1.54, 1.807) is 24.3 Å². The molecule has 0 fully saturated rings. The van der Waals surface area contributed by atoms with Crippen LogP contribution in [0.15, 0.2) is 24.3 Å². The van der Waals surface area contributed by atoms with E-state index in [1.165, 1.54) is 7.11 Å². The summed E-state index contributed by atoms with van der Waals surface area (Å²) in [7, 11) is 1.22. The first-order valence-corrected chi connectivity index (χ1v) is 4.68. The van der Waals surface area contributed by atoms with Crippen LogP contribution in [0.2, 0.25) is 0 Å². The molecule has 4 heteroatoms. The second kappa shape index (κ2) is 5.31. The van der Waals surface area contributed by atoms with Crippen molar-refractivity contribution in [1.82, 2.24) is 0 Å². The van der Waals surface area contributed by atoms with Gasteiger partial charge in [0.05, 0.1) is 7.11 Å². The van der Waals surface area contributed by atoms with Crippen LogP contribution in [0, 0.1) is 12.3 Å². The average Bonchev–Trinajstić information content (AvgIpc) is 2.36. The molecule has 0 aliphatic heterocycles. The van der Waals surface area contributed by atoms with Crippen molar-refractivity contribution in [3.63, 3.8) is 0 Å². The normalized spacial score (nSPS) is 13.6. The Morgan fingerprint density at radius 2 is 2.06 bits per heavy atom. The summed E-state index contributed by atoms with van der Waals surface area (Å²) >= 11 is 0. The van der Waals surface area contributed by atoms with Gasteiger partial charge in [-0.15, -0.1) is 6.42 Å². The molecular weight excluding hydrogens is 206 g/mol. The average molecular weight is 219 g/mol. The first kappa shape index (κ1) is 12.2. The van der Waals surface area contributed by atoms with Crippen LogP contribution in [-0.4, -0.2) is 24.2 Å². The third-order valence-electron chi connectivity index (χ3n) is 2.23. The summed E-state index contributed by atoms with van der Waals surface area (Å²) in [6.07, 6.45) is 4.10. The van der Waals surface area contributed by atoms with E-state index in [-0.39, 0.29) is 0 Å². The third kappa shape index (κ3) is 2.60. The number of carbonyl (C=O) groups excluding carboxylic acids is 1. The van der Waals surface area contributed by atoms with Crippen molar-refractivity contribution >= 4 is 5.97 Å². The standard InChI is InChI=1S/C12H13NO3/c1-3-8-4-6-9(7-5-8)11(14)10(13)12(15)16-2/h1,4-7,10-11,14H,13H2,2H3/t10-,11+/m0/s1. The SMILES string of the molecule is C#Cc1ccc([C@@H](O)[C@H](N)C(=O)OC)cc1. The minimum Gasteiger partial charge on any atom is -0.468 e. The topological polar surface area (TPSA) is 72.5 Å². The smallest absolute Gasteiger partial charge is 0.325 e. The van der Waals surface area contributed by atoms with Crippen molar-refractivity contribution in [2.45, 2.75) is 12.1 Å². The maximum atomic E-state index is 11.1. The van der Waals surface area contributed by atoms with Crippen molar-refractivity contribution in [3.8, 4) is 12.3 Å². The molecule has 0 aromatic heterocycles. The zero-order chi connectivity index (χ0) is 12.1. The Bertz CT molecular complexity index is 405. The maximum absolute atomic E-state index is 11.1. The molecule has 0 aliphatic rings. The van der Waals surface area contributed by atoms with Gasteiger partial charge in [0, 0.05) is 5.56 Å². The van der Waals surface area contributed by atoms with Crippen LogP contribution >= 0.6 is 0 Å². The van der Waals surface area contributed by atoms with Crippen LogP contribution < -0.4 is 5.73 Å². The van der Waals surface area contributed by atoms with Gasteiger partial charge in [-0.3, -0.25) is 4.79 Å². The molecule has 0 saturated carbocycles. The first-order valence-electron chi connectivity index (χ1n) is 4.68. The van der Waals surface area contributed by atoms with E-state index >= 15 is 0 Å². The summed E-state index contributed by atoms with van der Waals surface area (Å²) in [6.45, 7) is 0. The number of hydrogen-bond donors (Lipinski definition) is 2. The number of benzene rings is 1. The van der Waals surface area contributed by atoms with Gasteiger partial charge in [0.15, 0.2) is 0 Å². The van der Waals surface area contributed by atoms with Gasteiger partial charge < -0.3 is 15.6 Å². The molecule has 0 amide bonds. The molecule has 0 radical (unpaired) electrons. The fraction of sp³-hybridized carbons (Fsp3) is 0.250. The largest absolute Gasteiger partial charge is 0.468 e. The van der Waals surface area contributed by atoms with E-state index in [0.29, 0.717) is 11.1 Å². The Labute approximate surface area is 94.0 Å². The molecule has 0 heterocycles. The molecule has 1 aromatic rings. The predicted octanol–water partition coefficient (Wildman–Crippen LogP) is 0.202. The Morgan fingerprint density at radius 3 is 2.50 bits per heavy atom. The van der Waals surface area contributed by atoms with Crippen LogP contribution in [-0.2, 0) is 9.53 Å². The number of esters is 1. The quantitative estimate of drug-likeness (QED) is 0.562. The molecule has 0 spiro atoms. The molecule has 4 nitrogen and oxygen atoms in total. The van der Waals surface area contributed by atoms with Crippen molar-refractivity contribution in [1.29, 1.82) is 0 Å². The van der Waals surface area contributed by atoms with Crippen molar-refractivity contribution < 1.29 is 14.6 Å². The molecule has 0 unspecified atom stereocenters. The Hall–Kier alpha value is -1.83. The Kier molecular flexibility index (Phi) is 4.06. The number of nitrogens with two attached hydrogens (primary N) is 1. The fourth-order valence-corrected chi connectivity index (χ4v) is 1.25. The molecule has 0 aliphatic carbocycles. The molecule has 16 heavy (non-hydrogen) atoms. The summed E-state index contributed by atoms with van der Waals surface area (Å²) in [4.78, 5) is 11.1. The summed E-state index contributed by atoms with van der Waals surface area (Å²) < 4.78 is 4.44. The molecular formula is C12H13NO3. The summed E-state index contributed by atoms with van der Waals surface area (Å²) in [5.41, 5.74) is 6.73. The number of hydrogen-bond acceptors (Lipinski definition) is 4. The van der Waals surface area contributed by atoms with Gasteiger partial charge in [-0.25, -0.2) is 0 Å². The molecule has 1 aromatic carbocycles. The molecule has 1 rings (SSSR count). The maximum Gasteiger partial charge on any atom is 0.325 e. The number of aliphatic hydroxyl groups excluding tert-OH is 1. The molecule has 84 valence electrons. The highest BCUT2D eigenvalue weighted by Crippen LogP contribution is 2.16. The van der Waals surface area contributed by atoms with Crippen LogP contribution in [0.5, 0.6) is 0 Å². The predicted molar refractivity (Wildman–Crippen MR) is 59.3 cm³/mol. The van der Waals surface area contributed by atoms with E-state index in [9.17, 15) is 9.90 Å². The number of aliphatic hydroxyl groups is 1. The zero-order valence-corrected chi connectivity index (χ0v) is 8.88. The van der Waals surface area contributed by atoms with Gasteiger partial charge in [-0.2, -0.15) is 0 Å². The highest BCUT2D eigenvalue weighted by molar-refractivity contribution is 5.76. The van der Waals surface area contributed by atoms with E-state index in [1.807, 2.05) is 0 Å². The number of ether oxygens (including phenoxy) is 1. The second-order valence-electron chi connectivity index (χ2n) is 3.26. The summed E-state index contributed by atoms with van der Waals surface area (Å²) in [5, 5.41) is 9.78. The van der Waals surface area contributed by atoms with E-state index in [2.05, 4.69) is 10.7 Å². The van der Waals surface area contributed by atoms with E-state index in [4.69, 9.17) is 12.2 Å². The van der Waals surface area contributed by atoms with Gasteiger partial charge in [0.1, 0.15) is 12.1 Å². The lowest BCUT2D eigenvalue weighted by atomic mass is 10.0. The zero-order valence-electron chi connectivity index (χ0n) is 8.88. The minimum atomic E-state index is -1.10. The first-order chi connectivity index (χ1) is 7.60. The van der Waals surface area contributed by atoms with Gasteiger partial charge in [0.2, 0.25) is 0 Å². The Morgan fingerprint density at radius 1 is 1.50 bits per heavy atom. The lowest BCUT2D eigenvalue weighted by molar-refractivity contribution is -0.145. The van der Waals surface area contributed by atoms with E-state index < -0.39 is 18.1 Å². The summed E-state index contributed by atoms with van der Waals surface area (Å²) in [5.74, 6) is 1.79. The third-order valence-corrected chi connectivity index (χ3v) is 2.23. The second-order valence-corrected chi connectivity index (χ2v) is 3.26. The highest BCUT2D eigenvalue weighted by atomic mass is 16.5. The van der Waals surface area contributed by atoms with Crippen LogP contribution in [0.4, 0.5) is 0 Å². The van der Waals surface area contributed by atoms with Crippen molar-refractivity contribution in [2.24, 2.45) is 5.73 Å². The lowest BCUT2D eigenvalue weighted by Gasteiger charge is -2.16. The number of carbonyl (C=O) groups is 1.